The Morgan fingerprint density at radius 1 is 1.06 bits per heavy atom. The monoisotopic (exact) mass is 469 g/mol. The van der Waals surface area contributed by atoms with E-state index < -0.39 is 10.4 Å². The van der Waals surface area contributed by atoms with E-state index in [4.69, 9.17) is 29.0 Å². The molecule has 0 aromatic heterocycles. The first kappa shape index (κ1) is 26.2. The molecule has 0 aliphatic rings. The third-order valence-electron chi connectivity index (χ3n) is 3.35. The summed E-state index contributed by atoms with van der Waals surface area (Å²) in [4.78, 5) is 15.8. The first-order valence-electron chi connectivity index (χ1n) is 8.78. The van der Waals surface area contributed by atoms with Gasteiger partial charge in [0.15, 0.2) is 11.0 Å². The second-order valence-electron chi connectivity index (χ2n) is 5.73. The van der Waals surface area contributed by atoms with Crippen molar-refractivity contribution in [1.29, 1.82) is 0 Å². The van der Waals surface area contributed by atoms with Crippen LogP contribution < -0.4 is 11.5 Å². The maximum absolute atomic E-state index is 11.6. The zero-order valence-electron chi connectivity index (χ0n) is 16.5. The average Bonchev–Trinajstić information content (AvgIpc) is 2.70. The fourth-order valence-electron chi connectivity index (χ4n) is 2.02. The molecule has 11 nitrogen and oxygen atoms in total. The molecule has 0 radical (unpaired) electrons. The lowest BCUT2D eigenvalue weighted by Crippen LogP contribution is -2.10. The molecule has 2 aromatic rings. The number of amidine groups is 1. The van der Waals surface area contributed by atoms with Gasteiger partial charge in [-0.2, -0.15) is 13.5 Å². The van der Waals surface area contributed by atoms with Crippen molar-refractivity contribution in [1.82, 2.24) is 0 Å². The summed E-state index contributed by atoms with van der Waals surface area (Å²) < 4.78 is 31.6. The van der Waals surface area contributed by atoms with Gasteiger partial charge in [0.05, 0.1) is 11.4 Å². The fraction of sp³-hybridized carbons (Fsp3) is 0.222. The number of carbonyl (C=O) groups excluding carboxylic acids is 1. The number of carbonyl (C=O) groups is 1. The molecule has 31 heavy (non-hydrogen) atoms. The van der Waals surface area contributed by atoms with E-state index in [0.29, 0.717) is 46.5 Å². The smallest absolute Gasteiger partial charge is 0.394 e. The van der Waals surface area contributed by atoms with Gasteiger partial charge in [0.1, 0.15) is 11.4 Å². The van der Waals surface area contributed by atoms with E-state index in [9.17, 15) is 9.90 Å². The normalized spacial score (nSPS) is 11.8. The highest BCUT2D eigenvalue weighted by Gasteiger charge is 2.04. The number of rotatable bonds is 7. The molecule has 0 fully saturated rings. The molecule has 13 heteroatoms. The van der Waals surface area contributed by atoms with E-state index in [2.05, 4.69) is 15.2 Å². The van der Waals surface area contributed by atoms with E-state index in [0.717, 1.165) is 0 Å². The minimum Gasteiger partial charge on any atom is -0.506 e. The first-order chi connectivity index (χ1) is 14.5. The van der Waals surface area contributed by atoms with Gasteiger partial charge in [0, 0.05) is 30.3 Å². The van der Waals surface area contributed by atoms with Crippen LogP contribution in [0.3, 0.4) is 0 Å². The van der Waals surface area contributed by atoms with Gasteiger partial charge in [-0.3, -0.25) is 13.9 Å². The van der Waals surface area contributed by atoms with Gasteiger partial charge in [0.2, 0.25) is 0 Å². The topological polar surface area (TPSA) is 201 Å². The van der Waals surface area contributed by atoms with Crippen molar-refractivity contribution < 1.29 is 27.4 Å². The number of hydrogen-bond donors (Lipinski definition) is 5. The lowest BCUT2D eigenvalue weighted by atomic mass is 10.1. The molecule has 0 amide bonds. The highest BCUT2D eigenvalue weighted by molar-refractivity contribution is 8.13. The molecule has 0 heterocycles. The number of ketones is 1. The number of azo groups is 1. The predicted molar refractivity (Wildman–Crippen MR) is 120 cm³/mol. The number of aromatic hydroxyl groups is 1. The second kappa shape index (κ2) is 12.8. The third kappa shape index (κ3) is 11.2. The van der Waals surface area contributed by atoms with E-state index in [1.54, 1.807) is 36.4 Å². The number of benzene rings is 2. The Hall–Kier alpha value is -2.84. The van der Waals surface area contributed by atoms with Crippen LogP contribution in [0.15, 0.2) is 57.7 Å². The Balaban J connectivity index is 0.000000861. The molecule has 0 aliphatic heterocycles. The van der Waals surface area contributed by atoms with Gasteiger partial charge >= 0.3 is 10.4 Å². The number of nitrogens with two attached hydrogens (primary N) is 2. The van der Waals surface area contributed by atoms with E-state index in [1.165, 1.54) is 17.8 Å². The molecule has 2 aromatic carbocycles. The molecule has 7 N–H and O–H groups in total. The van der Waals surface area contributed by atoms with Crippen molar-refractivity contribution in [2.75, 3.05) is 12.3 Å². The van der Waals surface area contributed by atoms with Crippen molar-refractivity contribution in [3.05, 3.63) is 48.0 Å². The van der Waals surface area contributed by atoms with Crippen molar-refractivity contribution in [3.8, 4) is 5.75 Å². The van der Waals surface area contributed by atoms with Crippen LogP contribution in [0.4, 0.5) is 17.1 Å². The Bertz CT molecular complexity index is 1030. The maximum Gasteiger partial charge on any atom is 0.394 e. The van der Waals surface area contributed by atoms with Gasteiger partial charge in [0.25, 0.3) is 0 Å². The number of hydrogen-bond acceptors (Lipinski definition) is 9. The molecule has 0 spiro atoms. The van der Waals surface area contributed by atoms with Crippen LogP contribution in [0.1, 0.15) is 23.7 Å². The van der Waals surface area contributed by atoms with Gasteiger partial charge in [-0.25, -0.2) is 4.99 Å². The quantitative estimate of drug-likeness (QED) is 0.132. The molecule has 168 valence electrons. The van der Waals surface area contributed by atoms with E-state index in [1.807, 2.05) is 6.92 Å². The van der Waals surface area contributed by atoms with E-state index >= 15 is 0 Å². The average molecular weight is 470 g/mol. The summed E-state index contributed by atoms with van der Waals surface area (Å²) in [5, 5.41) is 18.6. The number of aliphatic imine (C=N–C) groups is 1. The van der Waals surface area contributed by atoms with Crippen LogP contribution in [0, 0.1) is 0 Å². The summed E-state index contributed by atoms with van der Waals surface area (Å²) in [6.45, 7) is 2.33. The molecule has 0 atom stereocenters. The Kier molecular flexibility index (Phi) is 10.8. The molecule has 0 aliphatic carbocycles. The number of nitrogens with zero attached hydrogens (tertiary/aromatic N) is 3. The van der Waals surface area contributed by atoms with Gasteiger partial charge in [-0.1, -0.05) is 18.7 Å². The SMILES string of the molecule is CCC(=O)c1ccc(N=Nc2ccc(N=C(N)SCCN)cc2O)cc1.O=S(=O)(O)O. The maximum atomic E-state index is 11.6. The van der Waals surface area contributed by atoms with Crippen LogP contribution >= 0.6 is 11.8 Å². The lowest BCUT2D eigenvalue weighted by Gasteiger charge is -2.02. The summed E-state index contributed by atoms with van der Waals surface area (Å²) in [5.74, 6) is 0.701. The van der Waals surface area contributed by atoms with Crippen molar-refractivity contribution in [3.63, 3.8) is 0 Å². The first-order valence-corrected chi connectivity index (χ1v) is 11.2. The van der Waals surface area contributed by atoms with Crippen LogP contribution in [0.5, 0.6) is 5.75 Å². The van der Waals surface area contributed by atoms with Crippen LogP contribution in [-0.4, -0.2) is 45.9 Å². The van der Waals surface area contributed by atoms with E-state index in [-0.39, 0.29) is 11.5 Å². The largest absolute Gasteiger partial charge is 0.506 e. The minimum atomic E-state index is -4.67. The minimum absolute atomic E-state index is 0.0515. The summed E-state index contributed by atoms with van der Waals surface area (Å²) >= 11 is 1.35. The fourth-order valence-corrected chi connectivity index (χ4v) is 2.52. The van der Waals surface area contributed by atoms with Gasteiger partial charge < -0.3 is 16.6 Å². The molecule has 0 saturated carbocycles. The molecular formula is C18H23N5O6S2. The van der Waals surface area contributed by atoms with Crippen molar-refractivity contribution in [2.24, 2.45) is 26.7 Å². The van der Waals surface area contributed by atoms with Crippen LogP contribution in [0.25, 0.3) is 0 Å². The third-order valence-corrected chi connectivity index (χ3v) is 4.18. The molecule has 0 saturated heterocycles. The number of phenols is 1. The molecule has 0 bridgehead atoms. The Labute approximate surface area is 183 Å². The molecular weight excluding hydrogens is 446 g/mol. The highest BCUT2D eigenvalue weighted by atomic mass is 32.3. The molecule has 2 rings (SSSR count). The predicted octanol–water partition coefficient (Wildman–Crippen LogP) is 3.39. The second-order valence-corrected chi connectivity index (χ2v) is 7.74. The summed E-state index contributed by atoms with van der Waals surface area (Å²) in [6, 6.07) is 11.6. The number of thioether (sulfide) groups is 1. The zero-order valence-corrected chi connectivity index (χ0v) is 18.2. The molecule has 0 unspecified atom stereocenters. The zero-order chi connectivity index (χ0) is 23.4. The van der Waals surface area contributed by atoms with Gasteiger partial charge in [-0.05, 0) is 36.4 Å². The van der Waals surface area contributed by atoms with Gasteiger partial charge in [-0.15, -0.1) is 5.11 Å². The Morgan fingerprint density at radius 3 is 2.16 bits per heavy atom. The number of Topliss-reactive ketones (excluding diaryl/α,β-unsaturated/α-hetero) is 1. The lowest BCUT2D eigenvalue weighted by molar-refractivity contribution is 0.0988. The van der Waals surface area contributed by atoms with Crippen molar-refractivity contribution in [2.45, 2.75) is 13.3 Å². The van der Waals surface area contributed by atoms with Crippen LogP contribution in [0.2, 0.25) is 0 Å². The summed E-state index contributed by atoms with van der Waals surface area (Å²) in [7, 11) is -4.67. The standard InChI is InChI=1S/C18H21N5O2S.H2O4S/c1-2-16(24)12-3-5-13(6-4-12)22-23-15-8-7-14(11-17(15)25)21-18(20)26-10-9-19;1-5(2,3)4/h3-8,11,25H,2,9-10,19H2,1H3,(H2,20,21);(H2,1,2,3,4). The van der Waals surface area contributed by atoms with Crippen LogP contribution in [-0.2, 0) is 10.4 Å². The Morgan fingerprint density at radius 2 is 1.65 bits per heavy atom. The van der Waals surface area contributed by atoms with Crippen molar-refractivity contribution >= 4 is 50.2 Å². The number of phenolic OH excluding ortho intramolecular Hbond substituents is 1. The summed E-state index contributed by atoms with van der Waals surface area (Å²) in [5.41, 5.74) is 13.2. The summed E-state index contributed by atoms with van der Waals surface area (Å²) in [6.07, 6.45) is 0.457. The highest BCUT2D eigenvalue weighted by Crippen LogP contribution is 2.32.